The minimum absolute atomic E-state index is 0.125. The monoisotopic (exact) mass is 669 g/mol. The maximum atomic E-state index is 7.62. The van der Waals surface area contributed by atoms with Crippen molar-refractivity contribution in [3.05, 3.63) is 105 Å². The van der Waals surface area contributed by atoms with Gasteiger partial charge >= 0.3 is 0 Å². The predicted octanol–water partition coefficient (Wildman–Crippen LogP) is 15.0. The Morgan fingerprint density at radius 3 is 0.681 bits per heavy atom. The SMILES string of the molecule is C=C.C=C.C=C.C=C.C=C.C=C.C=C.C=C.CCCCCCCCCCCC(C)OC(C)CCCCCCCCCCC.OCCO. The van der Waals surface area contributed by atoms with Gasteiger partial charge in [-0.1, -0.05) is 129 Å². The molecule has 3 nitrogen and oxygen atoms in total. The van der Waals surface area contributed by atoms with Gasteiger partial charge in [0.25, 0.3) is 0 Å². The standard InChI is InChI=1S/C26H54O.C2H6O2.8C2H4/c1-5-7-9-11-13-15-17-19-21-23-25(3)27-26(4)24-22-20-18-16-14-12-10-8-6-2;3-1-2-4;8*1-2/h25-26H,5-24H2,1-4H3;3-4H,1-2H2;8*1-2H2. The van der Waals surface area contributed by atoms with Gasteiger partial charge in [-0.3, -0.25) is 0 Å². The number of hydrogen-bond acceptors (Lipinski definition) is 3. The van der Waals surface area contributed by atoms with Crippen molar-refractivity contribution in [1.82, 2.24) is 0 Å². The highest BCUT2D eigenvalue weighted by Crippen LogP contribution is 2.16. The van der Waals surface area contributed by atoms with Gasteiger partial charge in [-0.2, -0.15) is 0 Å². The molecule has 286 valence electrons. The van der Waals surface area contributed by atoms with Gasteiger partial charge in [0.1, 0.15) is 0 Å². The molecule has 0 aromatic heterocycles. The number of rotatable bonds is 23. The van der Waals surface area contributed by atoms with Crippen LogP contribution in [0.1, 0.15) is 156 Å². The van der Waals surface area contributed by atoms with E-state index in [-0.39, 0.29) is 13.2 Å². The molecule has 47 heavy (non-hydrogen) atoms. The lowest BCUT2D eigenvalue weighted by Gasteiger charge is -2.19. The molecule has 0 bridgehead atoms. The lowest BCUT2D eigenvalue weighted by Crippen LogP contribution is -2.17. The molecule has 3 heteroatoms. The van der Waals surface area contributed by atoms with Crippen molar-refractivity contribution < 1.29 is 14.9 Å². The summed E-state index contributed by atoms with van der Waals surface area (Å²) in [6, 6.07) is 0. The van der Waals surface area contributed by atoms with Gasteiger partial charge < -0.3 is 14.9 Å². The summed E-state index contributed by atoms with van der Waals surface area (Å²) in [7, 11) is 0. The van der Waals surface area contributed by atoms with E-state index in [9.17, 15) is 0 Å². The first-order valence-corrected chi connectivity index (χ1v) is 18.0. The second kappa shape index (κ2) is 112. The highest BCUT2D eigenvalue weighted by atomic mass is 16.5. The Balaban J connectivity index is -0.0000000716. The minimum atomic E-state index is -0.125. The molecule has 2 atom stereocenters. The lowest BCUT2D eigenvalue weighted by molar-refractivity contribution is -0.00232. The van der Waals surface area contributed by atoms with Crippen molar-refractivity contribution >= 4 is 0 Å². The summed E-state index contributed by atoms with van der Waals surface area (Å²) in [6.45, 7) is 56.9. The quantitative estimate of drug-likeness (QED) is 0.0841. The van der Waals surface area contributed by atoms with E-state index in [0.29, 0.717) is 12.2 Å². The van der Waals surface area contributed by atoms with E-state index in [1.54, 1.807) is 0 Å². The van der Waals surface area contributed by atoms with Crippen molar-refractivity contribution in [2.75, 3.05) is 13.2 Å². The molecule has 0 saturated heterocycles. The molecular formula is C44H92O3. The molecular weight excluding hydrogens is 576 g/mol. The van der Waals surface area contributed by atoms with Crippen molar-refractivity contribution in [1.29, 1.82) is 0 Å². The third kappa shape index (κ3) is 124. The highest BCUT2D eigenvalue weighted by molar-refractivity contribution is 4.58. The predicted molar refractivity (Wildman–Crippen MR) is 228 cm³/mol. The fourth-order valence-corrected chi connectivity index (χ4v) is 4.02. The molecule has 0 rings (SSSR count). The van der Waals surface area contributed by atoms with E-state index < -0.39 is 0 Å². The average molecular weight is 669 g/mol. The molecule has 0 amide bonds. The Morgan fingerprint density at radius 2 is 0.511 bits per heavy atom. The van der Waals surface area contributed by atoms with Crippen LogP contribution in [0, 0.1) is 0 Å². The van der Waals surface area contributed by atoms with Gasteiger partial charge in [0.2, 0.25) is 0 Å². The van der Waals surface area contributed by atoms with Crippen molar-refractivity contribution in [2.24, 2.45) is 0 Å². The third-order valence-electron chi connectivity index (χ3n) is 5.99. The molecule has 0 spiro atoms. The van der Waals surface area contributed by atoms with Crippen molar-refractivity contribution in [3.63, 3.8) is 0 Å². The van der Waals surface area contributed by atoms with Gasteiger partial charge in [-0.05, 0) is 26.7 Å². The molecule has 2 unspecified atom stereocenters. The Morgan fingerprint density at radius 1 is 0.340 bits per heavy atom. The fourth-order valence-electron chi connectivity index (χ4n) is 4.02. The first kappa shape index (κ1) is 71.0. The number of aliphatic hydroxyl groups is 2. The summed E-state index contributed by atoms with van der Waals surface area (Å²) >= 11 is 0. The molecule has 0 aromatic carbocycles. The molecule has 0 aliphatic rings. The molecule has 0 fully saturated rings. The maximum absolute atomic E-state index is 7.62. The van der Waals surface area contributed by atoms with Crippen molar-refractivity contribution in [3.8, 4) is 0 Å². The van der Waals surface area contributed by atoms with Crippen LogP contribution in [0.5, 0.6) is 0 Å². The second-order valence-electron chi connectivity index (χ2n) is 9.44. The van der Waals surface area contributed by atoms with Crippen LogP contribution >= 0.6 is 0 Å². The number of unbranched alkanes of at least 4 members (excludes halogenated alkanes) is 16. The number of hydrogen-bond donors (Lipinski definition) is 2. The van der Waals surface area contributed by atoms with Gasteiger partial charge in [0.15, 0.2) is 0 Å². The molecule has 0 aliphatic carbocycles. The second-order valence-corrected chi connectivity index (χ2v) is 9.44. The lowest BCUT2D eigenvalue weighted by atomic mass is 10.0. The van der Waals surface area contributed by atoms with Gasteiger partial charge in [-0.15, -0.1) is 105 Å². The normalized spacial score (nSPS) is 9.23. The summed E-state index contributed by atoms with van der Waals surface area (Å²) in [5.41, 5.74) is 0. The zero-order valence-electron chi connectivity index (χ0n) is 33.3. The third-order valence-corrected chi connectivity index (χ3v) is 5.99. The fraction of sp³-hybridized carbons (Fsp3) is 0.636. The Labute approximate surface area is 301 Å². The maximum Gasteiger partial charge on any atom is 0.0662 e. The summed E-state index contributed by atoms with van der Waals surface area (Å²) in [5, 5.41) is 15.2. The van der Waals surface area contributed by atoms with E-state index >= 15 is 0 Å². The molecule has 0 aromatic rings. The molecule has 0 saturated carbocycles. The molecule has 0 aliphatic heterocycles. The Hall–Kier alpha value is -2.20. The van der Waals surface area contributed by atoms with Crippen LogP contribution in [0.2, 0.25) is 0 Å². The van der Waals surface area contributed by atoms with Crippen LogP contribution in [0.25, 0.3) is 0 Å². The number of aliphatic hydroxyl groups excluding tert-OH is 2. The van der Waals surface area contributed by atoms with Crippen LogP contribution in [-0.2, 0) is 4.74 Å². The molecule has 0 heterocycles. The van der Waals surface area contributed by atoms with Crippen molar-refractivity contribution in [2.45, 2.75) is 168 Å². The van der Waals surface area contributed by atoms with E-state index in [1.165, 1.54) is 128 Å². The summed E-state index contributed by atoms with van der Waals surface area (Å²) < 4.78 is 6.19. The highest BCUT2D eigenvalue weighted by Gasteiger charge is 2.08. The van der Waals surface area contributed by atoms with Gasteiger partial charge in [-0.25, -0.2) is 0 Å². The van der Waals surface area contributed by atoms with E-state index in [4.69, 9.17) is 14.9 Å². The molecule has 0 radical (unpaired) electrons. The first-order valence-electron chi connectivity index (χ1n) is 18.0. The topological polar surface area (TPSA) is 49.7 Å². The van der Waals surface area contributed by atoms with E-state index in [1.807, 2.05) is 0 Å². The first-order chi connectivity index (χ1) is 23.1. The van der Waals surface area contributed by atoms with E-state index in [0.717, 1.165) is 0 Å². The van der Waals surface area contributed by atoms with E-state index in [2.05, 4.69) is 133 Å². The van der Waals surface area contributed by atoms with Crippen LogP contribution in [-0.4, -0.2) is 35.6 Å². The number of ether oxygens (including phenoxy) is 1. The zero-order valence-corrected chi connectivity index (χ0v) is 33.3. The smallest absolute Gasteiger partial charge is 0.0662 e. The Kier molecular flexibility index (Phi) is 169. The summed E-state index contributed by atoms with van der Waals surface area (Å²) in [5.74, 6) is 0. The van der Waals surface area contributed by atoms with Crippen LogP contribution in [0.15, 0.2) is 105 Å². The van der Waals surface area contributed by atoms with Crippen LogP contribution in [0.4, 0.5) is 0 Å². The van der Waals surface area contributed by atoms with Crippen LogP contribution in [0.3, 0.4) is 0 Å². The zero-order chi connectivity index (χ0) is 39.4. The molecule has 2 N–H and O–H groups in total. The van der Waals surface area contributed by atoms with Gasteiger partial charge in [0, 0.05) is 0 Å². The largest absolute Gasteiger partial charge is 0.394 e. The minimum Gasteiger partial charge on any atom is -0.394 e. The summed E-state index contributed by atoms with van der Waals surface area (Å²) in [4.78, 5) is 0. The average Bonchev–Trinajstić information content (AvgIpc) is 3.17. The van der Waals surface area contributed by atoms with Gasteiger partial charge in [0.05, 0.1) is 25.4 Å². The van der Waals surface area contributed by atoms with Crippen LogP contribution < -0.4 is 0 Å². The summed E-state index contributed by atoms with van der Waals surface area (Å²) in [6.07, 6.45) is 28.8. The Bertz CT molecular complexity index is 350.